The molecule has 0 atom stereocenters. The summed E-state index contributed by atoms with van der Waals surface area (Å²) in [5.41, 5.74) is 0.570. The molecule has 1 aliphatic rings. The second kappa shape index (κ2) is 8.65. The van der Waals surface area contributed by atoms with Crippen molar-refractivity contribution < 1.29 is 14.0 Å². The number of anilines is 1. The first-order valence-electron chi connectivity index (χ1n) is 8.39. The zero-order valence-electron chi connectivity index (χ0n) is 13.7. The van der Waals surface area contributed by atoms with Crippen LogP contribution in [0.25, 0.3) is 0 Å². The first-order valence-corrected chi connectivity index (χ1v) is 8.39. The van der Waals surface area contributed by atoms with Gasteiger partial charge in [-0.15, -0.1) is 0 Å². The molecule has 0 heterocycles. The zero-order valence-corrected chi connectivity index (χ0v) is 13.7. The van der Waals surface area contributed by atoms with Gasteiger partial charge in [0.1, 0.15) is 5.82 Å². The largest absolute Gasteiger partial charge is 0.339 e. The molecule has 4 nitrogen and oxygen atoms in total. The van der Waals surface area contributed by atoms with Crippen LogP contribution in [0.2, 0.25) is 0 Å². The molecule has 1 saturated carbocycles. The molecule has 1 aliphatic carbocycles. The van der Waals surface area contributed by atoms with Crippen LogP contribution in [0.15, 0.2) is 24.3 Å². The smallest absolute Gasteiger partial charge is 0.226 e. The summed E-state index contributed by atoms with van der Waals surface area (Å²) in [6.45, 7) is 2.01. The Hall–Kier alpha value is -1.91. The summed E-state index contributed by atoms with van der Waals surface area (Å²) in [5, 5.41) is 2.74. The highest BCUT2D eigenvalue weighted by atomic mass is 19.1. The maximum Gasteiger partial charge on any atom is 0.226 e. The van der Waals surface area contributed by atoms with E-state index in [4.69, 9.17) is 0 Å². The summed E-state index contributed by atoms with van der Waals surface area (Å²) >= 11 is 0. The van der Waals surface area contributed by atoms with Gasteiger partial charge in [0.2, 0.25) is 11.8 Å². The van der Waals surface area contributed by atoms with Gasteiger partial charge in [0.15, 0.2) is 0 Å². The van der Waals surface area contributed by atoms with Crippen LogP contribution < -0.4 is 5.32 Å². The molecule has 0 saturated heterocycles. The first-order chi connectivity index (χ1) is 11.1. The Kier molecular flexibility index (Phi) is 6.56. The molecule has 23 heavy (non-hydrogen) atoms. The molecular formula is C18H25FN2O2. The maximum absolute atomic E-state index is 12.8. The molecule has 0 radical (unpaired) electrons. The van der Waals surface area contributed by atoms with E-state index in [1.807, 2.05) is 4.90 Å². The predicted molar refractivity (Wildman–Crippen MR) is 88.5 cm³/mol. The first kappa shape index (κ1) is 17.4. The summed E-state index contributed by atoms with van der Waals surface area (Å²) < 4.78 is 12.8. The number of hydrogen-bond donors (Lipinski definition) is 1. The molecule has 1 fully saturated rings. The molecule has 126 valence electrons. The molecule has 0 spiro atoms. The molecule has 1 N–H and O–H groups in total. The number of amides is 2. The van der Waals surface area contributed by atoms with Crippen molar-refractivity contribution in [1.82, 2.24) is 4.90 Å². The van der Waals surface area contributed by atoms with Gasteiger partial charge >= 0.3 is 0 Å². The van der Waals surface area contributed by atoms with Crippen LogP contribution in [0.4, 0.5) is 10.1 Å². The van der Waals surface area contributed by atoms with Gasteiger partial charge in [0.25, 0.3) is 0 Å². The van der Waals surface area contributed by atoms with Crippen molar-refractivity contribution in [3.05, 3.63) is 30.1 Å². The highest BCUT2D eigenvalue weighted by Crippen LogP contribution is 2.22. The lowest BCUT2D eigenvalue weighted by Gasteiger charge is -2.30. The van der Waals surface area contributed by atoms with Gasteiger partial charge in [0, 0.05) is 31.6 Å². The summed E-state index contributed by atoms with van der Waals surface area (Å²) in [6, 6.07) is 5.93. The molecule has 1 aromatic carbocycles. The van der Waals surface area contributed by atoms with E-state index in [2.05, 4.69) is 5.32 Å². The molecule has 0 unspecified atom stereocenters. The van der Waals surface area contributed by atoms with Crippen LogP contribution in [0.1, 0.15) is 51.9 Å². The number of nitrogens with zero attached hydrogens (tertiary/aromatic N) is 1. The Morgan fingerprint density at radius 2 is 1.74 bits per heavy atom. The highest BCUT2D eigenvalue weighted by Gasteiger charge is 2.22. The summed E-state index contributed by atoms with van der Waals surface area (Å²) in [6.07, 6.45) is 7.07. The number of carbonyl (C=O) groups is 2. The molecule has 2 rings (SSSR count). The van der Waals surface area contributed by atoms with Crippen LogP contribution in [-0.2, 0) is 9.59 Å². The van der Waals surface area contributed by atoms with Gasteiger partial charge in [-0.2, -0.15) is 0 Å². The van der Waals surface area contributed by atoms with E-state index in [0.717, 1.165) is 25.7 Å². The molecule has 0 aliphatic heterocycles. The van der Waals surface area contributed by atoms with E-state index in [9.17, 15) is 14.0 Å². The van der Waals surface area contributed by atoms with Gasteiger partial charge in [0.05, 0.1) is 0 Å². The van der Waals surface area contributed by atoms with Gasteiger partial charge < -0.3 is 10.2 Å². The lowest BCUT2D eigenvalue weighted by molar-refractivity contribution is -0.131. The lowest BCUT2D eigenvalue weighted by Crippen LogP contribution is -2.40. The summed E-state index contributed by atoms with van der Waals surface area (Å²) in [7, 11) is 0. The number of carbonyl (C=O) groups excluding carboxylic acids is 2. The molecule has 0 aromatic heterocycles. The number of halogens is 1. The lowest BCUT2D eigenvalue weighted by atomic mass is 10.1. The molecule has 1 aromatic rings. The number of nitrogens with one attached hydrogen (secondary N) is 1. The van der Waals surface area contributed by atoms with Gasteiger partial charge in [-0.05, 0) is 37.1 Å². The highest BCUT2D eigenvalue weighted by molar-refractivity contribution is 5.91. The molecular weight excluding hydrogens is 295 g/mol. The molecule has 0 bridgehead atoms. The van der Waals surface area contributed by atoms with Crippen molar-refractivity contribution in [3.8, 4) is 0 Å². The van der Waals surface area contributed by atoms with Crippen molar-refractivity contribution in [2.45, 2.75) is 57.9 Å². The quantitative estimate of drug-likeness (QED) is 0.841. The molecule has 5 heteroatoms. The van der Waals surface area contributed by atoms with E-state index >= 15 is 0 Å². The van der Waals surface area contributed by atoms with E-state index in [0.29, 0.717) is 12.2 Å². The van der Waals surface area contributed by atoms with Crippen LogP contribution in [0.5, 0.6) is 0 Å². The van der Waals surface area contributed by atoms with Crippen LogP contribution in [0, 0.1) is 5.82 Å². The fourth-order valence-corrected chi connectivity index (χ4v) is 3.15. The fraction of sp³-hybridized carbons (Fsp3) is 0.556. The van der Waals surface area contributed by atoms with Crippen molar-refractivity contribution in [2.24, 2.45) is 0 Å². The number of benzene rings is 1. The van der Waals surface area contributed by atoms with E-state index < -0.39 is 0 Å². The summed E-state index contributed by atoms with van der Waals surface area (Å²) in [5.74, 6) is -0.456. The van der Waals surface area contributed by atoms with Crippen molar-refractivity contribution in [1.29, 1.82) is 0 Å². The summed E-state index contributed by atoms with van der Waals surface area (Å²) in [4.78, 5) is 25.8. The third-order valence-electron chi connectivity index (χ3n) is 4.38. The van der Waals surface area contributed by atoms with Crippen molar-refractivity contribution in [2.75, 3.05) is 11.9 Å². The minimum Gasteiger partial charge on any atom is -0.339 e. The van der Waals surface area contributed by atoms with Crippen LogP contribution in [-0.4, -0.2) is 29.3 Å². The fourth-order valence-electron chi connectivity index (χ4n) is 3.15. The Bertz CT molecular complexity index is 522. The van der Waals surface area contributed by atoms with Gasteiger partial charge in [-0.3, -0.25) is 9.59 Å². The molecule has 2 amide bonds. The second-order valence-corrected chi connectivity index (χ2v) is 6.16. The standard InChI is InChI=1S/C18H25FN2O2/c1-14(22)21(17-6-4-2-3-5-7-17)13-12-18(23)20-16-10-8-15(19)9-11-16/h8-11,17H,2-7,12-13H2,1H3,(H,20,23). The second-order valence-electron chi connectivity index (χ2n) is 6.16. The topological polar surface area (TPSA) is 49.4 Å². The maximum atomic E-state index is 12.8. The van der Waals surface area contributed by atoms with E-state index in [1.54, 1.807) is 6.92 Å². The predicted octanol–water partition coefficient (Wildman–Crippen LogP) is 3.73. The van der Waals surface area contributed by atoms with Crippen molar-refractivity contribution >= 4 is 17.5 Å². The minimum atomic E-state index is -0.334. The normalized spacial score (nSPS) is 15.7. The SMILES string of the molecule is CC(=O)N(CCC(=O)Nc1ccc(F)cc1)C1CCCCCC1. The van der Waals surface area contributed by atoms with Crippen LogP contribution in [0.3, 0.4) is 0 Å². The zero-order chi connectivity index (χ0) is 16.7. The average molecular weight is 320 g/mol. The Balaban J connectivity index is 1.86. The number of hydrogen-bond acceptors (Lipinski definition) is 2. The van der Waals surface area contributed by atoms with Crippen LogP contribution >= 0.6 is 0 Å². The monoisotopic (exact) mass is 320 g/mol. The third-order valence-corrected chi connectivity index (χ3v) is 4.38. The average Bonchev–Trinajstić information content (AvgIpc) is 2.79. The van der Waals surface area contributed by atoms with E-state index in [-0.39, 0.29) is 30.1 Å². The van der Waals surface area contributed by atoms with Crippen molar-refractivity contribution in [3.63, 3.8) is 0 Å². The third kappa shape index (κ3) is 5.66. The van der Waals surface area contributed by atoms with Gasteiger partial charge in [-0.25, -0.2) is 4.39 Å². The number of rotatable bonds is 5. The Morgan fingerprint density at radius 3 is 2.30 bits per heavy atom. The Morgan fingerprint density at radius 1 is 1.13 bits per heavy atom. The van der Waals surface area contributed by atoms with E-state index in [1.165, 1.54) is 37.1 Å². The Labute approximate surface area is 137 Å². The van der Waals surface area contributed by atoms with Gasteiger partial charge in [-0.1, -0.05) is 25.7 Å². The minimum absolute atomic E-state index is 0.0338.